The first-order chi connectivity index (χ1) is 9.58. The van der Waals surface area contributed by atoms with E-state index in [-0.39, 0.29) is 24.6 Å². The van der Waals surface area contributed by atoms with Crippen molar-refractivity contribution in [1.29, 1.82) is 0 Å². The summed E-state index contributed by atoms with van der Waals surface area (Å²) in [6.07, 6.45) is -4.89. The van der Waals surface area contributed by atoms with Crippen molar-refractivity contribution in [3.63, 3.8) is 0 Å². The van der Waals surface area contributed by atoms with Crippen LogP contribution in [0, 0.1) is 0 Å². The molecule has 2 N–H and O–H groups in total. The standard InChI is InChI=1S/C12H12F5NO3.ClH/c1-2-20-10(19)11(13,14)9(18)7-3-5-8(6-4-7)21-12(15,16)17;/h3-6,9H,2,18H2,1H3;1H/t9-;/m1./s1. The Bertz CT molecular complexity index is 493. The zero-order valence-corrected chi connectivity index (χ0v) is 12.0. The summed E-state index contributed by atoms with van der Waals surface area (Å²) in [5, 5.41) is 0. The van der Waals surface area contributed by atoms with Gasteiger partial charge in [-0.25, -0.2) is 4.79 Å². The van der Waals surface area contributed by atoms with Gasteiger partial charge in [0.1, 0.15) is 11.8 Å². The molecule has 0 aromatic heterocycles. The molecule has 4 nitrogen and oxygen atoms in total. The zero-order valence-electron chi connectivity index (χ0n) is 11.2. The molecule has 1 atom stereocenters. The quantitative estimate of drug-likeness (QED) is 0.655. The van der Waals surface area contributed by atoms with Gasteiger partial charge in [-0.05, 0) is 24.6 Å². The van der Waals surface area contributed by atoms with Crippen LogP contribution in [0.25, 0.3) is 0 Å². The molecule has 0 spiro atoms. The first-order valence-corrected chi connectivity index (χ1v) is 5.74. The Labute approximate surface area is 128 Å². The third kappa shape index (κ3) is 5.30. The van der Waals surface area contributed by atoms with Gasteiger partial charge in [-0.15, -0.1) is 25.6 Å². The van der Waals surface area contributed by atoms with Gasteiger partial charge < -0.3 is 15.2 Å². The normalized spacial score (nSPS) is 13.0. The van der Waals surface area contributed by atoms with Crippen LogP contribution >= 0.6 is 12.4 Å². The Morgan fingerprint density at radius 1 is 1.18 bits per heavy atom. The number of alkyl halides is 5. The number of halogens is 6. The first kappa shape index (κ1) is 20.4. The largest absolute Gasteiger partial charge is 0.573 e. The number of rotatable bonds is 5. The van der Waals surface area contributed by atoms with Gasteiger partial charge in [0.15, 0.2) is 0 Å². The lowest BCUT2D eigenvalue weighted by Gasteiger charge is -2.22. The van der Waals surface area contributed by atoms with Crippen LogP contribution in [0.3, 0.4) is 0 Å². The number of esters is 1. The maximum atomic E-state index is 13.6. The lowest BCUT2D eigenvalue weighted by atomic mass is 10.0. The Balaban J connectivity index is 0.00000441. The van der Waals surface area contributed by atoms with Crippen LogP contribution in [0.2, 0.25) is 0 Å². The molecule has 0 saturated heterocycles. The molecule has 1 rings (SSSR count). The van der Waals surface area contributed by atoms with E-state index in [0.717, 1.165) is 24.3 Å². The SMILES string of the molecule is CCOC(=O)C(F)(F)[C@H](N)c1ccc(OC(F)(F)F)cc1.Cl. The van der Waals surface area contributed by atoms with Gasteiger partial charge in [-0.1, -0.05) is 12.1 Å². The number of benzene rings is 1. The highest BCUT2D eigenvalue weighted by Gasteiger charge is 2.47. The minimum absolute atomic E-state index is 0. The van der Waals surface area contributed by atoms with Crippen LogP contribution in [0.4, 0.5) is 22.0 Å². The van der Waals surface area contributed by atoms with Gasteiger partial charge >= 0.3 is 18.3 Å². The smallest absolute Gasteiger partial charge is 0.462 e. The van der Waals surface area contributed by atoms with E-state index in [0.29, 0.717) is 0 Å². The lowest BCUT2D eigenvalue weighted by molar-refractivity contribution is -0.274. The zero-order chi connectivity index (χ0) is 16.3. The summed E-state index contributed by atoms with van der Waals surface area (Å²) in [7, 11) is 0. The second kappa shape index (κ2) is 7.59. The molecule has 0 aliphatic rings. The van der Waals surface area contributed by atoms with Gasteiger partial charge in [-0.2, -0.15) is 8.78 Å². The first-order valence-electron chi connectivity index (χ1n) is 5.74. The fourth-order valence-electron chi connectivity index (χ4n) is 1.44. The summed E-state index contributed by atoms with van der Waals surface area (Å²) >= 11 is 0. The van der Waals surface area contributed by atoms with Gasteiger partial charge in [0.2, 0.25) is 0 Å². The minimum Gasteiger partial charge on any atom is -0.462 e. The Hall–Kier alpha value is -1.61. The molecule has 0 radical (unpaired) electrons. The van der Waals surface area contributed by atoms with Gasteiger partial charge in [-0.3, -0.25) is 0 Å². The summed E-state index contributed by atoms with van der Waals surface area (Å²) in [6.45, 7) is 1.10. The summed E-state index contributed by atoms with van der Waals surface area (Å²) in [5.74, 6) is -6.38. The van der Waals surface area contributed by atoms with Crippen LogP contribution < -0.4 is 10.5 Å². The monoisotopic (exact) mass is 349 g/mol. The highest BCUT2D eigenvalue weighted by atomic mass is 35.5. The van der Waals surface area contributed by atoms with E-state index in [9.17, 15) is 26.7 Å². The molecule has 1 aromatic rings. The topological polar surface area (TPSA) is 61.5 Å². The molecule has 1 aromatic carbocycles. The summed E-state index contributed by atoms with van der Waals surface area (Å²) < 4.78 is 70.9. The summed E-state index contributed by atoms with van der Waals surface area (Å²) in [4.78, 5) is 11.1. The molecule has 0 unspecified atom stereocenters. The Morgan fingerprint density at radius 3 is 2.09 bits per heavy atom. The highest BCUT2D eigenvalue weighted by molar-refractivity contribution is 5.85. The molecule has 0 aliphatic carbocycles. The molecule has 22 heavy (non-hydrogen) atoms. The maximum absolute atomic E-state index is 13.6. The molecule has 0 fully saturated rings. The van der Waals surface area contributed by atoms with Crippen molar-refractivity contribution in [1.82, 2.24) is 0 Å². The summed E-state index contributed by atoms with van der Waals surface area (Å²) in [6, 6.07) is 1.43. The second-order valence-electron chi connectivity index (χ2n) is 3.94. The number of nitrogens with two attached hydrogens (primary N) is 1. The predicted molar refractivity (Wildman–Crippen MR) is 68.9 cm³/mol. The van der Waals surface area contributed by atoms with Gasteiger partial charge in [0, 0.05) is 0 Å². The van der Waals surface area contributed by atoms with Gasteiger partial charge in [0.05, 0.1) is 6.61 Å². The van der Waals surface area contributed by atoms with E-state index in [4.69, 9.17) is 5.73 Å². The number of ether oxygens (including phenoxy) is 2. The van der Waals surface area contributed by atoms with Crippen molar-refractivity contribution in [2.75, 3.05) is 6.61 Å². The highest BCUT2D eigenvalue weighted by Crippen LogP contribution is 2.32. The lowest BCUT2D eigenvalue weighted by Crippen LogP contribution is -2.41. The molecule has 0 bridgehead atoms. The van der Waals surface area contributed by atoms with E-state index in [1.54, 1.807) is 0 Å². The molecular formula is C12H13ClF5NO3. The van der Waals surface area contributed by atoms with E-state index in [2.05, 4.69) is 9.47 Å². The van der Waals surface area contributed by atoms with Crippen molar-refractivity contribution in [3.8, 4) is 5.75 Å². The fraction of sp³-hybridized carbons (Fsp3) is 0.417. The predicted octanol–water partition coefficient (Wildman–Crippen LogP) is 3.21. The van der Waals surface area contributed by atoms with Crippen molar-refractivity contribution in [3.05, 3.63) is 29.8 Å². The van der Waals surface area contributed by atoms with Crippen LogP contribution in [-0.4, -0.2) is 24.9 Å². The molecular weight excluding hydrogens is 337 g/mol. The van der Waals surface area contributed by atoms with Crippen molar-refractivity contribution in [2.45, 2.75) is 25.3 Å². The van der Waals surface area contributed by atoms with Crippen molar-refractivity contribution < 1.29 is 36.2 Å². The molecule has 10 heteroatoms. The van der Waals surface area contributed by atoms with Crippen LogP contribution in [0.5, 0.6) is 5.75 Å². The average Bonchev–Trinajstić information content (AvgIpc) is 2.37. The van der Waals surface area contributed by atoms with Crippen LogP contribution in [0.1, 0.15) is 18.5 Å². The van der Waals surface area contributed by atoms with Crippen LogP contribution in [0.15, 0.2) is 24.3 Å². The second-order valence-corrected chi connectivity index (χ2v) is 3.94. The van der Waals surface area contributed by atoms with Crippen molar-refractivity contribution in [2.24, 2.45) is 5.73 Å². The fourth-order valence-corrected chi connectivity index (χ4v) is 1.44. The number of hydrogen-bond donors (Lipinski definition) is 1. The van der Waals surface area contributed by atoms with Gasteiger partial charge in [0.25, 0.3) is 0 Å². The molecule has 0 saturated carbocycles. The number of carbonyl (C=O) groups excluding carboxylic acids is 1. The molecule has 0 amide bonds. The summed E-state index contributed by atoms with van der Waals surface area (Å²) in [5.41, 5.74) is 5.03. The van der Waals surface area contributed by atoms with Crippen LogP contribution in [-0.2, 0) is 9.53 Å². The number of carbonyl (C=O) groups is 1. The average molecular weight is 350 g/mol. The molecule has 0 heterocycles. The van der Waals surface area contributed by atoms with E-state index in [1.165, 1.54) is 6.92 Å². The minimum atomic E-state index is -4.89. The van der Waals surface area contributed by atoms with E-state index < -0.39 is 30.0 Å². The van der Waals surface area contributed by atoms with E-state index in [1.807, 2.05) is 0 Å². The Morgan fingerprint density at radius 2 is 1.68 bits per heavy atom. The number of hydrogen-bond acceptors (Lipinski definition) is 4. The third-order valence-corrected chi connectivity index (χ3v) is 2.41. The molecule has 126 valence electrons. The Kier molecular flexibility index (Phi) is 7.04. The maximum Gasteiger partial charge on any atom is 0.573 e. The molecule has 0 aliphatic heterocycles. The van der Waals surface area contributed by atoms with E-state index >= 15 is 0 Å². The van der Waals surface area contributed by atoms with Crippen molar-refractivity contribution >= 4 is 18.4 Å². The third-order valence-electron chi connectivity index (χ3n) is 2.41.